The van der Waals surface area contributed by atoms with Gasteiger partial charge in [0.05, 0.1) is 33.3 Å². The van der Waals surface area contributed by atoms with E-state index >= 15 is 0 Å². The molecule has 0 aliphatic carbocycles. The van der Waals surface area contributed by atoms with Crippen molar-refractivity contribution in [2.45, 2.75) is 71.1 Å². The summed E-state index contributed by atoms with van der Waals surface area (Å²) in [6, 6.07) is 4.25. The van der Waals surface area contributed by atoms with Crippen molar-refractivity contribution in [3.63, 3.8) is 0 Å². The van der Waals surface area contributed by atoms with E-state index in [-0.39, 0.29) is 18.2 Å². The Bertz CT molecular complexity index is 1510. The predicted molar refractivity (Wildman–Crippen MR) is 168 cm³/mol. The number of hydrogen-bond donors (Lipinski definition) is 2. The number of amides is 1. The number of carbonyl (C=O) groups excluding carboxylic acids is 1. The van der Waals surface area contributed by atoms with Crippen LogP contribution in [0.3, 0.4) is 0 Å². The van der Waals surface area contributed by atoms with Gasteiger partial charge in [0.2, 0.25) is 5.90 Å². The van der Waals surface area contributed by atoms with Crippen LogP contribution in [0.5, 0.6) is 0 Å². The Labute approximate surface area is 251 Å². The summed E-state index contributed by atoms with van der Waals surface area (Å²) in [5.74, 6) is 2.04. The predicted octanol–water partition coefficient (Wildman–Crippen LogP) is 6.26. The van der Waals surface area contributed by atoms with Crippen molar-refractivity contribution in [1.29, 1.82) is 0 Å². The number of aromatic nitrogens is 2. The Morgan fingerprint density at radius 3 is 2.76 bits per heavy atom. The van der Waals surface area contributed by atoms with Gasteiger partial charge in [-0.2, -0.15) is 0 Å². The van der Waals surface area contributed by atoms with Gasteiger partial charge in [-0.3, -0.25) is 15.2 Å². The molecule has 2 unspecified atom stereocenters. The summed E-state index contributed by atoms with van der Waals surface area (Å²) in [5, 5.41) is 8.89. The number of pyridine rings is 2. The maximum atomic E-state index is 13.9. The van der Waals surface area contributed by atoms with Crippen molar-refractivity contribution in [3.8, 4) is 10.4 Å². The van der Waals surface area contributed by atoms with Crippen molar-refractivity contribution in [2.75, 3.05) is 32.1 Å². The second kappa shape index (κ2) is 12.4. The van der Waals surface area contributed by atoms with E-state index in [1.165, 1.54) is 0 Å². The third-order valence-corrected chi connectivity index (χ3v) is 9.70. The quantitative estimate of drug-likeness (QED) is 0.314. The van der Waals surface area contributed by atoms with Crippen LogP contribution in [-0.4, -0.2) is 59.7 Å². The Hall–Kier alpha value is -3.50. The normalized spacial score (nSPS) is 21.3. The highest BCUT2D eigenvalue weighted by molar-refractivity contribution is 7.22. The first-order valence-corrected chi connectivity index (χ1v) is 16.0. The molecule has 7 rings (SSSR count). The number of carbonyl (C=O) groups is 1. The smallest absolute Gasteiger partial charge is 0.257 e. The zero-order valence-electron chi connectivity index (χ0n) is 24.7. The third-order valence-electron chi connectivity index (χ3n) is 8.53. The number of aryl methyl sites for hydroxylation is 1. The van der Waals surface area contributed by atoms with Gasteiger partial charge in [0.15, 0.2) is 6.23 Å². The van der Waals surface area contributed by atoms with E-state index in [0.717, 1.165) is 114 Å². The first kappa shape index (κ1) is 28.6. The molecule has 0 aromatic carbocycles. The van der Waals surface area contributed by atoms with E-state index in [1.807, 2.05) is 37.2 Å². The first-order valence-electron chi connectivity index (χ1n) is 15.2. The van der Waals surface area contributed by atoms with Crippen LogP contribution in [0.25, 0.3) is 20.5 Å². The Kier molecular flexibility index (Phi) is 8.44. The molecule has 2 saturated heterocycles. The highest BCUT2D eigenvalue weighted by Crippen LogP contribution is 2.48. The molecule has 3 aromatic heterocycles. The van der Waals surface area contributed by atoms with Gasteiger partial charge in [0.1, 0.15) is 5.82 Å². The van der Waals surface area contributed by atoms with Crippen molar-refractivity contribution < 1.29 is 14.3 Å². The number of ether oxygens (including phenoxy) is 2. The number of rotatable bonds is 7. The summed E-state index contributed by atoms with van der Waals surface area (Å²) in [6.45, 7) is 9.91. The molecular formula is C32H40N6O3S. The monoisotopic (exact) mass is 588 g/mol. The lowest BCUT2D eigenvalue weighted by atomic mass is 9.90. The maximum Gasteiger partial charge on any atom is 0.257 e. The third kappa shape index (κ3) is 5.26. The molecule has 0 saturated carbocycles. The fourth-order valence-electron chi connectivity index (χ4n) is 6.33. The maximum absolute atomic E-state index is 13.9. The molecule has 7 heterocycles. The lowest BCUT2D eigenvalue weighted by molar-refractivity contribution is 0.0639. The van der Waals surface area contributed by atoms with E-state index in [0.29, 0.717) is 11.8 Å². The Balaban J connectivity index is 0.000000744. The van der Waals surface area contributed by atoms with E-state index in [9.17, 15) is 4.79 Å². The highest BCUT2D eigenvalue weighted by atomic mass is 32.1. The average Bonchev–Trinajstić information content (AvgIpc) is 3.82. The first-order chi connectivity index (χ1) is 20.5. The van der Waals surface area contributed by atoms with E-state index in [1.54, 1.807) is 11.3 Å². The van der Waals surface area contributed by atoms with Gasteiger partial charge >= 0.3 is 0 Å². The molecule has 4 aliphatic heterocycles. The van der Waals surface area contributed by atoms with Crippen molar-refractivity contribution >= 4 is 39.0 Å². The number of allylic oxidation sites excluding steroid dienone is 1. The fourth-order valence-corrected chi connectivity index (χ4v) is 7.54. The number of hydrogen-bond acceptors (Lipinski definition) is 9. The Morgan fingerprint density at radius 2 is 2.05 bits per heavy atom. The molecule has 9 nitrogen and oxygen atoms in total. The van der Waals surface area contributed by atoms with Gasteiger partial charge in [-0.25, -0.2) is 4.98 Å². The molecule has 2 N–H and O–H groups in total. The van der Waals surface area contributed by atoms with Gasteiger partial charge in [-0.05, 0) is 75.3 Å². The minimum Gasteiger partial charge on any atom is -0.451 e. The summed E-state index contributed by atoms with van der Waals surface area (Å²) < 4.78 is 12.8. The van der Waals surface area contributed by atoms with Crippen LogP contribution in [0.4, 0.5) is 5.82 Å². The second-order valence-electron chi connectivity index (χ2n) is 11.3. The van der Waals surface area contributed by atoms with Crippen LogP contribution in [0, 0.1) is 5.92 Å². The van der Waals surface area contributed by atoms with Crippen molar-refractivity contribution in [3.05, 3.63) is 53.5 Å². The van der Waals surface area contributed by atoms with Gasteiger partial charge in [-0.1, -0.05) is 13.0 Å². The van der Waals surface area contributed by atoms with Crippen molar-refractivity contribution in [2.24, 2.45) is 11.0 Å². The zero-order valence-corrected chi connectivity index (χ0v) is 25.6. The summed E-state index contributed by atoms with van der Waals surface area (Å²) in [5.41, 5.74) is 7.44. The largest absolute Gasteiger partial charge is 0.451 e. The van der Waals surface area contributed by atoms with E-state index in [2.05, 4.69) is 40.4 Å². The summed E-state index contributed by atoms with van der Waals surface area (Å²) in [7, 11) is 1.89. The van der Waals surface area contributed by atoms with Gasteiger partial charge in [-0.15, -0.1) is 23.0 Å². The minimum atomic E-state index is -0.240. The molecule has 0 bridgehead atoms. The average molecular weight is 589 g/mol. The zero-order chi connectivity index (χ0) is 29.2. The molecule has 2 atom stereocenters. The summed E-state index contributed by atoms with van der Waals surface area (Å²) >= 11 is 1.66. The minimum absolute atomic E-state index is 0.0551. The molecule has 4 aliphatic rings. The number of anilines is 1. The van der Waals surface area contributed by atoms with Gasteiger partial charge in [0, 0.05) is 43.4 Å². The van der Waals surface area contributed by atoms with Crippen LogP contribution in [-0.2, 0) is 15.9 Å². The molecule has 10 heteroatoms. The summed E-state index contributed by atoms with van der Waals surface area (Å²) in [6.07, 6.45) is 10.5. The van der Waals surface area contributed by atoms with Gasteiger partial charge in [0.25, 0.3) is 5.91 Å². The lowest BCUT2D eigenvalue weighted by Gasteiger charge is -2.23. The SMILES string of the molecule is C=CCC.CNc1nccc2cc(-c3c(C4=NNC(C)O4)c(CCC4CCOCC4)nc4c3C(=O)N3CCCC43)sc12. The molecule has 3 aromatic rings. The molecule has 0 spiro atoms. The van der Waals surface area contributed by atoms with E-state index in [4.69, 9.17) is 14.5 Å². The number of nitrogens with one attached hydrogen (secondary N) is 2. The molecule has 1 amide bonds. The number of fused-ring (bicyclic) bond motifs is 4. The Morgan fingerprint density at radius 1 is 1.24 bits per heavy atom. The molecule has 222 valence electrons. The molecule has 0 radical (unpaired) electrons. The molecular weight excluding hydrogens is 548 g/mol. The standard InChI is InChI=1S/C28H32N6O3S.C4H8/c1-15-32-33-27(37-15)21-18(6-5-16-8-12-36-13-9-16)31-24-19-4-3-11-34(19)28(35)23(24)22(21)20-14-17-7-10-30-26(29-2)25(17)38-20;1-3-4-2/h7,10,14-16,19,32H,3-6,8-9,11-13H2,1-2H3,(H,29,30);3H,1,4H2,2H3. The van der Waals surface area contributed by atoms with E-state index < -0.39 is 0 Å². The molecule has 42 heavy (non-hydrogen) atoms. The second-order valence-corrected chi connectivity index (χ2v) is 12.3. The van der Waals surface area contributed by atoms with Crippen LogP contribution in [0.2, 0.25) is 0 Å². The number of nitrogens with zero attached hydrogens (tertiary/aromatic N) is 4. The topological polar surface area (TPSA) is 101 Å². The van der Waals surface area contributed by atoms with Gasteiger partial charge < -0.3 is 19.7 Å². The fraction of sp³-hybridized carbons (Fsp3) is 0.500. The number of thiophene rings is 1. The summed E-state index contributed by atoms with van der Waals surface area (Å²) in [4.78, 5) is 26.7. The van der Waals surface area contributed by atoms with Crippen molar-refractivity contribution in [1.82, 2.24) is 20.3 Å². The van der Waals surface area contributed by atoms with Crippen LogP contribution in [0.15, 0.2) is 36.1 Å². The molecule has 2 fully saturated rings. The number of hydrazone groups is 1. The van der Waals surface area contributed by atoms with Crippen LogP contribution in [0.1, 0.15) is 85.7 Å². The lowest BCUT2D eigenvalue weighted by Crippen LogP contribution is -2.23. The van der Waals surface area contributed by atoms with Crippen LogP contribution < -0.4 is 10.7 Å². The van der Waals surface area contributed by atoms with Crippen LogP contribution >= 0.6 is 11.3 Å². The highest BCUT2D eigenvalue weighted by Gasteiger charge is 2.45.